The number of hydrogen-bond acceptors (Lipinski definition) is 2. The van der Waals surface area contributed by atoms with Gasteiger partial charge in [-0.2, -0.15) is 0 Å². The quantitative estimate of drug-likeness (QED) is 0.152. The lowest BCUT2D eigenvalue weighted by Crippen LogP contribution is -2.32. The van der Waals surface area contributed by atoms with Gasteiger partial charge in [-0.3, -0.25) is 0 Å². The van der Waals surface area contributed by atoms with Gasteiger partial charge in [-0.05, 0) is 42.0 Å². The standard InChI is InChI=1S/C33H27PS2/c35-33(36-26-27-16-6-1-7-17-27)32(28-18-8-2-9-19-28)34(29-20-10-3-11-21-29,30-22-12-4-13-23-30)31-24-14-5-15-25-31/h1-25H,26H2/b33-32+. The molecule has 5 aromatic rings. The lowest BCUT2D eigenvalue weighted by Gasteiger charge is -2.33. The minimum atomic E-state index is -2.31. The SMILES string of the molecule is [S-]/C(SCc1ccccc1)=C(/c1ccccc1)[P+](c1ccccc1)(c1ccccc1)c1ccccc1. The van der Waals surface area contributed by atoms with Crippen LogP contribution < -0.4 is 15.9 Å². The number of benzene rings is 5. The van der Waals surface area contributed by atoms with Gasteiger partial charge in [-0.1, -0.05) is 119 Å². The number of hydrogen-bond donors (Lipinski definition) is 0. The minimum absolute atomic E-state index is 0.842. The first kappa shape index (κ1) is 24.5. The third-order valence-electron chi connectivity index (χ3n) is 6.22. The van der Waals surface area contributed by atoms with Gasteiger partial charge in [0, 0.05) is 11.3 Å². The molecule has 0 bridgehead atoms. The van der Waals surface area contributed by atoms with Crippen molar-refractivity contribution in [3.63, 3.8) is 0 Å². The number of rotatable bonds is 8. The van der Waals surface area contributed by atoms with Crippen LogP contribution in [0.5, 0.6) is 0 Å². The fourth-order valence-electron chi connectivity index (χ4n) is 4.63. The van der Waals surface area contributed by atoms with E-state index in [-0.39, 0.29) is 0 Å². The van der Waals surface area contributed by atoms with Crippen molar-refractivity contribution in [3.8, 4) is 0 Å². The minimum Gasteiger partial charge on any atom is -0.769 e. The molecule has 0 saturated carbocycles. The average molecular weight is 519 g/mol. The summed E-state index contributed by atoms with van der Waals surface area (Å²) in [6.45, 7) is 0. The summed E-state index contributed by atoms with van der Waals surface area (Å²) in [6, 6.07) is 54.2. The van der Waals surface area contributed by atoms with Crippen molar-refractivity contribution in [1.29, 1.82) is 0 Å². The molecular formula is C33H27PS2. The summed E-state index contributed by atoms with van der Waals surface area (Å²) in [5.74, 6) is 0.842. The molecule has 5 aromatic carbocycles. The fourth-order valence-corrected chi connectivity index (χ4v) is 11.0. The molecule has 0 aromatic heterocycles. The van der Waals surface area contributed by atoms with Crippen LogP contribution in [0.25, 0.3) is 5.31 Å². The van der Waals surface area contributed by atoms with Crippen LogP contribution in [0.2, 0.25) is 0 Å². The Morgan fingerprint density at radius 1 is 0.500 bits per heavy atom. The molecule has 0 nitrogen and oxygen atoms in total. The molecule has 0 amide bonds. The molecule has 5 rings (SSSR count). The Bertz CT molecular complexity index is 1310. The van der Waals surface area contributed by atoms with E-state index < -0.39 is 7.26 Å². The summed E-state index contributed by atoms with van der Waals surface area (Å²) in [6.07, 6.45) is 0. The average Bonchev–Trinajstić information content (AvgIpc) is 2.97. The molecule has 0 N–H and O–H groups in total. The zero-order valence-electron chi connectivity index (χ0n) is 19.9. The van der Waals surface area contributed by atoms with Crippen LogP contribution in [0, 0.1) is 0 Å². The Morgan fingerprint density at radius 3 is 1.28 bits per heavy atom. The molecule has 0 unspecified atom stereocenters. The van der Waals surface area contributed by atoms with Gasteiger partial charge in [0.15, 0.2) is 0 Å². The van der Waals surface area contributed by atoms with Crippen LogP contribution in [0.3, 0.4) is 0 Å². The van der Waals surface area contributed by atoms with Crippen LogP contribution in [-0.2, 0) is 18.4 Å². The first-order valence-electron chi connectivity index (χ1n) is 12.0. The van der Waals surface area contributed by atoms with Crippen molar-refractivity contribution in [2.24, 2.45) is 0 Å². The summed E-state index contributed by atoms with van der Waals surface area (Å²) < 4.78 is 0.954. The largest absolute Gasteiger partial charge is 0.769 e. The van der Waals surface area contributed by atoms with Gasteiger partial charge in [-0.25, -0.2) is 0 Å². The molecule has 0 radical (unpaired) electrons. The molecule has 36 heavy (non-hydrogen) atoms. The third kappa shape index (κ3) is 5.04. The molecular weight excluding hydrogens is 491 g/mol. The Labute approximate surface area is 224 Å². The van der Waals surface area contributed by atoms with Crippen molar-refractivity contribution in [1.82, 2.24) is 0 Å². The maximum atomic E-state index is 6.36. The van der Waals surface area contributed by atoms with Crippen molar-refractivity contribution in [2.45, 2.75) is 5.75 Å². The maximum Gasteiger partial charge on any atom is 0.143 e. The van der Waals surface area contributed by atoms with Crippen LogP contribution in [-0.4, -0.2) is 0 Å². The van der Waals surface area contributed by atoms with E-state index in [1.807, 2.05) is 0 Å². The second-order valence-electron chi connectivity index (χ2n) is 8.45. The van der Waals surface area contributed by atoms with E-state index in [0.717, 1.165) is 9.99 Å². The predicted molar refractivity (Wildman–Crippen MR) is 164 cm³/mol. The van der Waals surface area contributed by atoms with Crippen molar-refractivity contribution < 1.29 is 0 Å². The second-order valence-corrected chi connectivity index (χ2v) is 13.4. The van der Waals surface area contributed by atoms with Gasteiger partial charge < -0.3 is 12.6 Å². The van der Waals surface area contributed by atoms with E-state index >= 15 is 0 Å². The van der Waals surface area contributed by atoms with Gasteiger partial charge in [0.25, 0.3) is 0 Å². The third-order valence-corrected chi connectivity index (χ3v) is 12.4. The van der Waals surface area contributed by atoms with E-state index in [4.69, 9.17) is 12.6 Å². The van der Waals surface area contributed by atoms with Gasteiger partial charge in [0.05, 0.1) is 0 Å². The van der Waals surface area contributed by atoms with Crippen molar-refractivity contribution in [2.75, 3.05) is 0 Å². The van der Waals surface area contributed by atoms with Gasteiger partial charge in [-0.15, -0.1) is 11.8 Å². The molecule has 0 atom stereocenters. The Kier molecular flexibility index (Phi) is 7.98. The molecule has 0 fully saturated rings. The molecule has 0 saturated heterocycles. The molecule has 0 aliphatic rings. The van der Waals surface area contributed by atoms with E-state index in [9.17, 15) is 0 Å². The summed E-state index contributed by atoms with van der Waals surface area (Å²) in [4.78, 5) is 0. The topological polar surface area (TPSA) is 0 Å². The summed E-state index contributed by atoms with van der Waals surface area (Å²) in [7, 11) is -2.31. The molecule has 0 aliphatic carbocycles. The highest BCUT2D eigenvalue weighted by Gasteiger charge is 2.50. The first-order valence-corrected chi connectivity index (χ1v) is 15.2. The van der Waals surface area contributed by atoms with E-state index in [2.05, 4.69) is 152 Å². The normalized spacial score (nSPS) is 12.1. The first-order chi connectivity index (χ1) is 17.8. The van der Waals surface area contributed by atoms with Gasteiger partial charge in [0.2, 0.25) is 0 Å². The smallest absolute Gasteiger partial charge is 0.143 e. The molecule has 0 aliphatic heterocycles. The van der Waals surface area contributed by atoms with Crippen molar-refractivity contribution >= 4 is 52.9 Å². The maximum absolute atomic E-state index is 6.36. The summed E-state index contributed by atoms with van der Waals surface area (Å²) in [5, 5.41) is 5.18. The lowest BCUT2D eigenvalue weighted by atomic mass is 10.2. The second kappa shape index (κ2) is 11.7. The van der Waals surface area contributed by atoms with Gasteiger partial charge >= 0.3 is 0 Å². The zero-order valence-corrected chi connectivity index (χ0v) is 22.4. The molecule has 0 spiro atoms. The van der Waals surface area contributed by atoms with Crippen molar-refractivity contribution in [3.05, 3.63) is 167 Å². The Hall–Kier alpha value is -3.16. The highest BCUT2D eigenvalue weighted by molar-refractivity contribution is 8.13. The monoisotopic (exact) mass is 518 g/mol. The molecule has 3 heteroatoms. The highest BCUT2D eigenvalue weighted by Crippen LogP contribution is 2.68. The predicted octanol–water partition coefficient (Wildman–Crippen LogP) is 7.79. The van der Waals surface area contributed by atoms with E-state index in [0.29, 0.717) is 0 Å². The van der Waals surface area contributed by atoms with Crippen LogP contribution >= 0.6 is 19.0 Å². The number of thioether (sulfide) groups is 1. The molecule has 0 heterocycles. The summed E-state index contributed by atoms with van der Waals surface area (Å²) in [5.41, 5.74) is 2.47. The zero-order chi connectivity index (χ0) is 24.6. The lowest BCUT2D eigenvalue weighted by molar-refractivity contribution is 1.42. The Morgan fingerprint density at radius 2 is 0.861 bits per heavy atom. The van der Waals surface area contributed by atoms with E-state index in [1.54, 1.807) is 11.8 Å². The fraction of sp³-hybridized carbons (Fsp3) is 0.0303. The van der Waals surface area contributed by atoms with Crippen LogP contribution in [0.4, 0.5) is 0 Å². The highest BCUT2D eigenvalue weighted by atomic mass is 32.2. The molecule has 176 valence electrons. The van der Waals surface area contributed by atoms with Gasteiger partial charge in [0.1, 0.15) is 28.5 Å². The van der Waals surface area contributed by atoms with Crippen LogP contribution in [0.1, 0.15) is 11.1 Å². The van der Waals surface area contributed by atoms with E-state index in [1.165, 1.54) is 32.4 Å². The Balaban J connectivity index is 1.84. The van der Waals surface area contributed by atoms with Crippen LogP contribution in [0.15, 0.2) is 156 Å². The summed E-state index contributed by atoms with van der Waals surface area (Å²) >= 11 is 8.12.